The first-order valence-electron chi connectivity index (χ1n) is 18.2. The molecule has 15 nitrogen and oxygen atoms in total. The molecule has 0 bridgehead atoms. The SMILES string of the molecule is CCCCOC(=O)ON1CCN(C(=O)[C@H](CC(C)C)NC(=O)c2cc(OCC(=O)N3CCC[C@H]3C(=O)NC3CCC3)n(-c3ccccc3)n2)CC1. The second-order valence-electron chi connectivity index (χ2n) is 13.7. The zero-order chi connectivity index (χ0) is 36.3. The van der Waals surface area contributed by atoms with Gasteiger partial charge in [-0.3, -0.25) is 19.2 Å². The Hall–Kier alpha value is -4.66. The molecule has 1 aromatic carbocycles. The minimum atomic E-state index is -0.824. The Balaban J connectivity index is 1.22. The molecule has 1 saturated carbocycles. The number of nitrogens with zero attached hydrogens (tertiary/aromatic N) is 5. The topological polar surface area (TPSA) is 165 Å². The maximum absolute atomic E-state index is 13.7. The Bertz CT molecular complexity index is 1500. The van der Waals surface area contributed by atoms with Gasteiger partial charge in [-0.05, 0) is 63.0 Å². The van der Waals surface area contributed by atoms with Crippen molar-refractivity contribution in [2.45, 2.75) is 90.3 Å². The fourth-order valence-corrected chi connectivity index (χ4v) is 6.32. The van der Waals surface area contributed by atoms with Gasteiger partial charge in [-0.1, -0.05) is 45.4 Å². The molecule has 3 fully saturated rings. The van der Waals surface area contributed by atoms with Crippen molar-refractivity contribution in [2.24, 2.45) is 5.92 Å². The van der Waals surface area contributed by atoms with E-state index in [0.717, 1.165) is 38.5 Å². The number of nitrogens with one attached hydrogen (secondary N) is 2. The zero-order valence-corrected chi connectivity index (χ0v) is 29.9. The molecule has 2 aromatic rings. The molecule has 2 N–H and O–H groups in total. The molecule has 1 aromatic heterocycles. The number of unbranched alkanes of at least 4 members (excludes halogenated alkanes) is 1. The van der Waals surface area contributed by atoms with Gasteiger partial charge in [-0.15, -0.1) is 5.06 Å². The Morgan fingerprint density at radius 3 is 2.37 bits per heavy atom. The van der Waals surface area contributed by atoms with Gasteiger partial charge in [0.2, 0.25) is 17.7 Å². The summed E-state index contributed by atoms with van der Waals surface area (Å²) >= 11 is 0. The summed E-state index contributed by atoms with van der Waals surface area (Å²) in [6, 6.07) is 9.36. The number of rotatable bonds is 15. The minimum Gasteiger partial charge on any atom is -0.467 e. The third-order valence-electron chi connectivity index (χ3n) is 9.36. The van der Waals surface area contributed by atoms with Gasteiger partial charge in [0.25, 0.3) is 11.8 Å². The van der Waals surface area contributed by atoms with Crippen LogP contribution >= 0.6 is 0 Å². The number of carbonyl (C=O) groups is 5. The van der Waals surface area contributed by atoms with Crippen LogP contribution in [-0.4, -0.2) is 118 Å². The Morgan fingerprint density at radius 2 is 1.71 bits per heavy atom. The first-order chi connectivity index (χ1) is 24.6. The van der Waals surface area contributed by atoms with Crippen molar-refractivity contribution in [3.8, 4) is 11.6 Å². The van der Waals surface area contributed by atoms with Crippen LogP contribution in [-0.2, 0) is 24.0 Å². The molecule has 5 rings (SSSR count). The number of aromatic nitrogens is 2. The fourth-order valence-electron chi connectivity index (χ4n) is 6.32. The van der Waals surface area contributed by atoms with E-state index in [1.165, 1.54) is 15.8 Å². The van der Waals surface area contributed by atoms with E-state index in [4.69, 9.17) is 14.3 Å². The van der Waals surface area contributed by atoms with E-state index in [-0.39, 0.29) is 47.9 Å². The first-order valence-corrected chi connectivity index (χ1v) is 18.2. The molecular weight excluding hydrogens is 658 g/mol. The summed E-state index contributed by atoms with van der Waals surface area (Å²) in [5.41, 5.74) is 0.628. The molecule has 15 heteroatoms. The smallest absolute Gasteiger partial charge is 0.467 e. The highest BCUT2D eigenvalue weighted by Crippen LogP contribution is 2.24. The summed E-state index contributed by atoms with van der Waals surface area (Å²) in [5, 5.41) is 11.9. The number of piperazine rings is 1. The quantitative estimate of drug-likeness (QED) is 0.208. The lowest BCUT2D eigenvalue weighted by molar-refractivity contribution is -0.158. The van der Waals surface area contributed by atoms with Crippen molar-refractivity contribution >= 4 is 29.8 Å². The maximum atomic E-state index is 13.7. The van der Waals surface area contributed by atoms with E-state index in [2.05, 4.69) is 15.7 Å². The largest absolute Gasteiger partial charge is 0.527 e. The number of hydrogen-bond acceptors (Lipinski definition) is 10. The predicted octanol–water partition coefficient (Wildman–Crippen LogP) is 3.07. The normalized spacial score (nSPS) is 18.5. The van der Waals surface area contributed by atoms with Crippen LogP contribution in [0.2, 0.25) is 0 Å². The van der Waals surface area contributed by atoms with Crippen LogP contribution in [0, 0.1) is 5.92 Å². The molecule has 2 aliphatic heterocycles. The van der Waals surface area contributed by atoms with Gasteiger partial charge >= 0.3 is 6.16 Å². The summed E-state index contributed by atoms with van der Waals surface area (Å²) in [4.78, 5) is 74.0. The van der Waals surface area contributed by atoms with E-state index in [9.17, 15) is 24.0 Å². The summed E-state index contributed by atoms with van der Waals surface area (Å²) in [6.45, 7) is 7.58. The molecule has 3 heterocycles. The lowest BCUT2D eigenvalue weighted by Gasteiger charge is -2.35. The Labute approximate surface area is 298 Å². The van der Waals surface area contributed by atoms with Gasteiger partial charge < -0.3 is 34.7 Å². The second-order valence-corrected chi connectivity index (χ2v) is 13.7. The van der Waals surface area contributed by atoms with Crippen molar-refractivity contribution < 1.29 is 38.3 Å². The van der Waals surface area contributed by atoms with Crippen LogP contribution in [0.25, 0.3) is 5.69 Å². The molecule has 2 atom stereocenters. The lowest BCUT2D eigenvalue weighted by Crippen LogP contribution is -2.55. The van der Waals surface area contributed by atoms with Gasteiger partial charge in [0.05, 0.1) is 25.4 Å². The molecule has 4 amide bonds. The molecule has 278 valence electrons. The molecule has 51 heavy (non-hydrogen) atoms. The minimum absolute atomic E-state index is 0.0154. The molecule has 0 radical (unpaired) electrons. The Morgan fingerprint density at radius 1 is 0.961 bits per heavy atom. The highest BCUT2D eigenvalue weighted by Gasteiger charge is 2.36. The standard InChI is InChI=1S/C36H51N7O8/c1-4-5-21-49-36(48)51-41-19-17-40(18-20-41)35(47)29(22-25(2)3)38-33(45)28-23-32(43(39-28)27-13-7-6-8-14-27)50-24-31(44)42-16-10-15-30(42)34(46)37-26-11-9-12-26/h6-8,13-14,23,25-26,29-30H,4-5,9-12,15-22,24H2,1-3H3,(H,37,46)(H,38,45)/t29-,30-/m0/s1. The Kier molecular flexibility index (Phi) is 13.3. The monoisotopic (exact) mass is 709 g/mol. The van der Waals surface area contributed by atoms with Gasteiger partial charge in [0.1, 0.15) is 12.1 Å². The highest BCUT2D eigenvalue weighted by atomic mass is 16.8. The summed E-state index contributed by atoms with van der Waals surface area (Å²) in [5.74, 6) is -0.988. The molecule has 1 aliphatic carbocycles. The van der Waals surface area contributed by atoms with Crippen LogP contribution in [0.15, 0.2) is 36.4 Å². The fraction of sp³-hybridized carbons (Fsp3) is 0.611. The average molecular weight is 710 g/mol. The lowest BCUT2D eigenvalue weighted by atomic mass is 9.93. The van der Waals surface area contributed by atoms with E-state index in [1.54, 1.807) is 21.9 Å². The summed E-state index contributed by atoms with van der Waals surface area (Å²) in [7, 11) is 0. The third-order valence-corrected chi connectivity index (χ3v) is 9.36. The van der Waals surface area contributed by atoms with E-state index in [1.807, 2.05) is 39.0 Å². The van der Waals surface area contributed by atoms with E-state index < -0.39 is 24.1 Å². The van der Waals surface area contributed by atoms with Gasteiger partial charge in [-0.2, -0.15) is 5.10 Å². The zero-order valence-electron chi connectivity index (χ0n) is 29.9. The number of benzene rings is 1. The van der Waals surface area contributed by atoms with Crippen molar-refractivity contribution in [1.82, 2.24) is 35.3 Å². The number of likely N-dealkylation sites (tertiary alicyclic amines) is 1. The van der Waals surface area contributed by atoms with Crippen molar-refractivity contribution in [3.05, 3.63) is 42.1 Å². The molecule has 0 unspecified atom stereocenters. The van der Waals surface area contributed by atoms with Crippen molar-refractivity contribution in [3.63, 3.8) is 0 Å². The average Bonchev–Trinajstić information content (AvgIpc) is 3.77. The maximum Gasteiger partial charge on any atom is 0.527 e. The van der Waals surface area contributed by atoms with Crippen LogP contribution in [0.3, 0.4) is 0 Å². The van der Waals surface area contributed by atoms with Crippen LogP contribution < -0.4 is 15.4 Å². The number of para-hydroxylation sites is 1. The van der Waals surface area contributed by atoms with Gasteiger partial charge in [-0.25, -0.2) is 9.48 Å². The molecule has 3 aliphatic rings. The number of carbonyl (C=O) groups excluding carboxylic acids is 5. The number of amides is 4. The van der Waals surface area contributed by atoms with Crippen LogP contribution in [0.5, 0.6) is 5.88 Å². The van der Waals surface area contributed by atoms with E-state index >= 15 is 0 Å². The van der Waals surface area contributed by atoms with Gasteiger partial charge in [0.15, 0.2) is 12.3 Å². The van der Waals surface area contributed by atoms with E-state index in [0.29, 0.717) is 57.9 Å². The molecular formula is C36H51N7O8. The highest BCUT2D eigenvalue weighted by molar-refractivity contribution is 5.96. The third kappa shape index (κ3) is 10.2. The van der Waals surface area contributed by atoms with Crippen LogP contribution in [0.4, 0.5) is 4.79 Å². The second kappa shape index (κ2) is 18.0. The number of hydrogen-bond donors (Lipinski definition) is 2. The van der Waals surface area contributed by atoms with Crippen molar-refractivity contribution in [1.29, 1.82) is 0 Å². The van der Waals surface area contributed by atoms with Gasteiger partial charge in [0, 0.05) is 31.7 Å². The number of ether oxygens (including phenoxy) is 2. The predicted molar refractivity (Wildman–Crippen MR) is 186 cm³/mol. The summed E-state index contributed by atoms with van der Waals surface area (Å²) in [6.07, 6.45) is 5.65. The van der Waals surface area contributed by atoms with Crippen LogP contribution in [0.1, 0.15) is 82.6 Å². The number of hydroxylamine groups is 2. The van der Waals surface area contributed by atoms with Crippen molar-refractivity contribution in [2.75, 3.05) is 45.9 Å². The summed E-state index contributed by atoms with van der Waals surface area (Å²) < 4.78 is 12.5. The first kappa shape index (κ1) is 37.6. The molecule has 2 saturated heterocycles. The molecule has 0 spiro atoms.